The van der Waals surface area contributed by atoms with Crippen LogP contribution in [0.25, 0.3) is 0 Å². The van der Waals surface area contributed by atoms with E-state index in [0.717, 1.165) is 52.2 Å². The van der Waals surface area contributed by atoms with Crippen LogP contribution in [-0.2, 0) is 9.53 Å². The minimum absolute atomic E-state index is 0.102. The molecule has 3 heterocycles. The van der Waals surface area contributed by atoms with E-state index in [1.165, 1.54) is 0 Å². The quantitative estimate of drug-likeness (QED) is 0.763. The van der Waals surface area contributed by atoms with Crippen molar-refractivity contribution in [2.45, 2.75) is 44.3 Å². The molecular formula is C16H29N3O3. The lowest BCUT2D eigenvalue weighted by Crippen LogP contribution is -2.72. The lowest BCUT2D eigenvalue weighted by atomic mass is 9.90. The average molecular weight is 311 g/mol. The molecule has 22 heavy (non-hydrogen) atoms. The summed E-state index contributed by atoms with van der Waals surface area (Å²) in [5, 5.41) is 9.89. The molecule has 0 aromatic heterocycles. The van der Waals surface area contributed by atoms with Gasteiger partial charge in [0.1, 0.15) is 0 Å². The van der Waals surface area contributed by atoms with Gasteiger partial charge in [-0.05, 0) is 19.8 Å². The van der Waals surface area contributed by atoms with Gasteiger partial charge in [0.15, 0.2) is 0 Å². The second-order valence-electron chi connectivity index (χ2n) is 7.24. The van der Waals surface area contributed by atoms with Crippen LogP contribution in [-0.4, -0.2) is 95.9 Å². The molecule has 3 aliphatic heterocycles. The van der Waals surface area contributed by atoms with Gasteiger partial charge < -0.3 is 14.7 Å². The molecule has 3 saturated heterocycles. The van der Waals surface area contributed by atoms with E-state index in [1.54, 1.807) is 6.92 Å². The molecule has 0 aliphatic carbocycles. The molecule has 0 spiro atoms. The summed E-state index contributed by atoms with van der Waals surface area (Å²) in [5.74, 6) is 0.113. The summed E-state index contributed by atoms with van der Waals surface area (Å²) in [6, 6.07) is 0.940. The molecule has 1 N–H and O–H groups in total. The van der Waals surface area contributed by atoms with Crippen LogP contribution in [0.1, 0.15) is 26.7 Å². The van der Waals surface area contributed by atoms with E-state index in [2.05, 4.69) is 16.7 Å². The average Bonchev–Trinajstić information content (AvgIpc) is 2.55. The van der Waals surface area contributed by atoms with Crippen molar-refractivity contribution in [2.75, 3.05) is 52.5 Å². The Kier molecular flexibility index (Phi) is 4.73. The number of fused-ring (bicyclic) bond motifs is 1. The number of carbonyl (C=O) groups excluding carboxylic acids is 1. The number of amides is 1. The normalized spacial score (nSPS) is 35.4. The van der Waals surface area contributed by atoms with Gasteiger partial charge in [-0.3, -0.25) is 14.6 Å². The zero-order valence-electron chi connectivity index (χ0n) is 13.8. The summed E-state index contributed by atoms with van der Waals surface area (Å²) in [6.07, 6.45) is 2.22. The number of nitrogens with zero attached hydrogens (tertiary/aromatic N) is 3. The summed E-state index contributed by atoms with van der Waals surface area (Å²) in [7, 11) is 0. The van der Waals surface area contributed by atoms with Crippen LogP contribution in [0.3, 0.4) is 0 Å². The van der Waals surface area contributed by atoms with Crippen LogP contribution in [0.2, 0.25) is 0 Å². The van der Waals surface area contributed by atoms with E-state index in [9.17, 15) is 9.90 Å². The van der Waals surface area contributed by atoms with Gasteiger partial charge in [-0.25, -0.2) is 0 Å². The molecule has 2 atom stereocenters. The number of hydrogen-bond acceptors (Lipinski definition) is 5. The highest BCUT2D eigenvalue weighted by Crippen LogP contribution is 2.30. The third kappa shape index (κ3) is 3.02. The Morgan fingerprint density at radius 3 is 2.59 bits per heavy atom. The zero-order valence-corrected chi connectivity index (χ0v) is 13.8. The minimum Gasteiger partial charge on any atom is -0.394 e. The van der Waals surface area contributed by atoms with Gasteiger partial charge in [-0.15, -0.1) is 0 Å². The summed E-state index contributed by atoms with van der Waals surface area (Å²) in [6.45, 7) is 9.98. The van der Waals surface area contributed by atoms with Gasteiger partial charge in [0.05, 0.1) is 12.1 Å². The summed E-state index contributed by atoms with van der Waals surface area (Å²) in [4.78, 5) is 18.8. The molecule has 0 aromatic rings. The maximum absolute atomic E-state index is 11.9. The number of aliphatic hydroxyl groups excluding tert-OH is 1. The fraction of sp³-hybridized carbons (Fsp3) is 0.938. The highest BCUT2D eigenvalue weighted by atomic mass is 16.5. The minimum atomic E-state index is -0.309. The second-order valence-corrected chi connectivity index (χ2v) is 7.24. The first-order valence-corrected chi connectivity index (χ1v) is 8.48. The highest BCUT2D eigenvalue weighted by Gasteiger charge is 2.46. The lowest BCUT2D eigenvalue weighted by Gasteiger charge is -2.57. The van der Waals surface area contributed by atoms with Crippen molar-refractivity contribution < 1.29 is 14.6 Å². The number of ether oxygens (including phenoxy) is 1. The third-order valence-corrected chi connectivity index (χ3v) is 5.66. The smallest absolute Gasteiger partial charge is 0.219 e. The van der Waals surface area contributed by atoms with Crippen LogP contribution in [0.15, 0.2) is 0 Å². The molecular weight excluding hydrogens is 282 g/mol. The van der Waals surface area contributed by atoms with E-state index in [-0.39, 0.29) is 18.1 Å². The van der Waals surface area contributed by atoms with E-state index >= 15 is 0 Å². The van der Waals surface area contributed by atoms with Crippen LogP contribution < -0.4 is 0 Å². The first-order valence-electron chi connectivity index (χ1n) is 8.48. The van der Waals surface area contributed by atoms with E-state index < -0.39 is 0 Å². The maximum Gasteiger partial charge on any atom is 0.219 e. The number of aliphatic hydroxyl groups is 1. The lowest BCUT2D eigenvalue weighted by molar-refractivity contribution is -0.145. The molecule has 0 unspecified atom stereocenters. The van der Waals surface area contributed by atoms with Gasteiger partial charge >= 0.3 is 0 Å². The Morgan fingerprint density at radius 1 is 1.23 bits per heavy atom. The van der Waals surface area contributed by atoms with E-state index in [4.69, 9.17) is 4.74 Å². The van der Waals surface area contributed by atoms with Crippen molar-refractivity contribution >= 4 is 5.91 Å². The first kappa shape index (κ1) is 16.2. The molecule has 0 aromatic carbocycles. The number of carbonyl (C=O) groups is 1. The van der Waals surface area contributed by atoms with Gasteiger partial charge in [0.25, 0.3) is 0 Å². The number of piperazine rings is 2. The summed E-state index contributed by atoms with van der Waals surface area (Å²) in [5.41, 5.74) is -0.309. The third-order valence-electron chi connectivity index (χ3n) is 5.66. The van der Waals surface area contributed by atoms with Crippen LogP contribution >= 0.6 is 0 Å². The largest absolute Gasteiger partial charge is 0.394 e. The summed E-state index contributed by atoms with van der Waals surface area (Å²) >= 11 is 0. The van der Waals surface area contributed by atoms with Crippen molar-refractivity contribution in [3.8, 4) is 0 Å². The van der Waals surface area contributed by atoms with E-state index in [1.807, 2.05) is 4.90 Å². The molecule has 0 bridgehead atoms. The van der Waals surface area contributed by atoms with Gasteiger partial charge in [0.2, 0.25) is 5.91 Å². The molecule has 3 fully saturated rings. The highest BCUT2D eigenvalue weighted by molar-refractivity contribution is 5.73. The van der Waals surface area contributed by atoms with Gasteiger partial charge in [0, 0.05) is 64.9 Å². The summed E-state index contributed by atoms with van der Waals surface area (Å²) < 4.78 is 5.47. The molecule has 3 rings (SSSR count). The monoisotopic (exact) mass is 311 g/mol. The SMILES string of the molecule is CC(=O)N1C[C@@H]2CN(C3CCOCC3)CCN2[C@](C)(CO)C1. The predicted octanol–water partition coefficient (Wildman–Crippen LogP) is -0.235. The predicted molar refractivity (Wildman–Crippen MR) is 83.7 cm³/mol. The topological polar surface area (TPSA) is 56.2 Å². The standard InChI is InChI=1S/C16H29N3O3/c1-13(21)18-10-15-9-17(14-3-7-22-8-4-14)5-6-19(15)16(2,11-18)12-20/h14-15,20H,3-12H2,1-2H3/t15-,16-/m0/s1. The van der Waals surface area contributed by atoms with Crippen LogP contribution in [0, 0.1) is 0 Å². The Morgan fingerprint density at radius 2 is 1.95 bits per heavy atom. The fourth-order valence-corrected chi connectivity index (χ4v) is 4.33. The zero-order chi connectivity index (χ0) is 15.7. The van der Waals surface area contributed by atoms with E-state index in [0.29, 0.717) is 18.6 Å². The Bertz CT molecular complexity index is 413. The first-order chi connectivity index (χ1) is 10.5. The van der Waals surface area contributed by atoms with Crippen molar-refractivity contribution in [3.05, 3.63) is 0 Å². The van der Waals surface area contributed by atoms with Gasteiger partial charge in [-0.2, -0.15) is 0 Å². The van der Waals surface area contributed by atoms with Crippen LogP contribution in [0.4, 0.5) is 0 Å². The molecule has 1 amide bonds. The van der Waals surface area contributed by atoms with Gasteiger partial charge in [-0.1, -0.05) is 0 Å². The molecule has 0 saturated carbocycles. The van der Waals surface area contributed by atoms with Crippen molar-refractivity contribution in [2.24, 2.45) is 0 Å². The van der Waals surface area contributed by atoms with Crippen molar-refractivity contribution in [1.82, 2.24) is 14.7 Å². The number of rotatable bonds is 2. The molecule has 6 heteroatoms. The molecule has 126 valence electrons. The molecule has 6 nitrogen and oxygen atoms in total. The van der Waals surface area contributed by atoms with Crippen molar-refractivity contribution in [1.29, 1.82) is 0 Å². The Hall–Kier alpha value is -0.690. The van der Waals surface area contributed by atoms with Crippen LogP contribution in [0.5, 0.6) is 0 Å². The number of hydrogen-bond donors (Lipinski definition) is 1. The molecule has 0 radical (unpaired) electrons. The Labute approximate surface area is 133 Å². The fourth-order valence-electron chi connectivity index (χ4n) is 4.33. The molecule has 3 aliphatic rings. The second kappa shape index (κ2) is 6.43. The maximum atomic E-state index is 11.9. The van der Waals surface area contributed by atoms with Crippen molar-refractivity contribution in [3.63, 3.8) is 0 Å². The Balaban J connectivity index is 1.71.